The molecule has 3 N–H and O–H groups in total. The number of piperidine rings is 1. The Kier molecular flexibility index (Phi) is 4.89. The number of hydrogen-bond acceptors (Lipinski definition) is 5. The zero-order chi connectivity index (χ0) is 15.2. The number of ether oxygens (including phenoxy) is 1. The number of nitrogens with two attached hydrogens (primary N) is 1. The molecular formula is C14H17N3O4. The highest BCUT2D eigenvalue weighted by Gasteiger charge is 2.25. The molecule has 1 aliphatic heterocycles. The molecule has 1 aromatic rings. The normalized spacial score (nSPS) is 15.0. The van der Waals surface area contributed by atoms with Crippen LogP contribution in [0.15, 0.2) is 24.3 Å². The number of likely N-dealkylation sites (tertiary alicyclic amines) is 1. The molecule has 0 bridgehead atoms. The van der Waals surface area contributed by atoms with Crippen LogP contribution in [-0.4, -0.2) is 35.8 Å². The van der Waals surface area contributed by atoms with Gasteiger partial charge in [-0.3, -0.25) is 24.7 Å². The topological polar surface area (TPSA) is 102 Å². The smallest absolute Gasteiger partial charge is 0.268 e. The molecule has 0 radical (unpaired) electrons. The van der Waals surface area contributed by atoms with E-state index in [4.69, 9.17) is 10.6 Å². The molecule has 2 rings (SSSR count). The van der Waals surface area contributed by atoms with Gasteiger partial charge in [-0.05, 0) is 18.6 Å². The van der Waals surface area contributed by atoms with Gasteiger partial charge in [0.05, 0.1) is 12.1 Å². The maximum atomic E-state index is 11.6. The Morgan fingerprint density at radius 3 is 2.57 bits per heavy atom. The lowest BCUT2D eigenvalue weighted by Crippen LogP contribution is -2.42. The number of amides is 3. The molecule has 0 aromatic heterocycles. The van der Waals surface area contributed by atoms with Gasteiger partial charge in [-0.25, -0.2) is 5.84 Å². The van der Waals surface area contributed by atoms with Crippen LogP contribution in [0.4, 0.5) is 0 Å². The van der Waals surface area contributed by atoms with Crippen molar-refractivity contribution in [3.8, 4) is 5.75 Å². The monoisotopic (exact) mass is 291 g/mol. The number of carbonyl (C=O) groups excluding carboxylic acids is 3. The summed E-state index contributed by atoms with van der Waals surface area (Å²) in [6, 6.07) is 6.62. The molecule has 21 heavy (non-hydrogen) atoms. The average molecular weight is 291 g/mol. The Morgan fingerprint density at radius 1 is 1.24 bits per heavy atom. The van der Waals surface area contributed by atoms with Gasteiger partial charge in [-0.15, -0.1) is 0 Å². The first-order valence-electron chi connectivity index (χ1n) is 6.69. The lowest BCUT2D eigenvalue weighted by molar-refractivity contribution is -0.148. The molecule has 1 fully saturated rings. The summed E-state index contributed by atoms with van der Waals surface area (Å²) in [5, 5.41) is 0. The summed E-state index contributed by atoms with van der Waals surface area (Å²) in [4.78, 5) is 36.0. The highest BCUT2D eigenvalue weighted by atomic mass is 16.5. The minimum absolute atomic E-state index is 0.131. The number of nitrogens with one attached hydrogen (secondary N) is 1. The molecule has 1 aromatic carbocycles. The molecule has 1 heterocycles. The summed E-state index contributed by atoms with van der Waals surface area (Å²) in [7, 11) is 0. The van der Waals surface area contributed by atoms with Gasteiger partial charge in [-0.2, -0.15) is 0 Å². The third-order valence-corrected chi connectivity index (χ3v) is 3.22. The predicted molar refractivity (Wildman–Crippen MR) is 74.2 cm³/mol. The number of nitrogens with zero attached hydrogens (tertiary/aromatic N) is 1. The zero-order valence-electron chi connectivity index (χ0n) is 11.5. The molecule has 112 valence electrons. The number of rotatable bonds is 5. The molecule has 7 nitrogen and oxygen atoms in total. The second kappa shape index (κ2) is 6.85. The van der Waals surface area contributed by atoms with E-state index in [9.17, 15) is 14.4 Å². The number of nitrogen functional groups attached to an aromatic ring is 1. The number of carbonyl (C=O) groups is 3. The maximum absolute atomic E-state index is 11.6. The van der Waals surface area contributed by atoms with Gasteiger partial charge in [0.2, 0.25) is 11.8 Å². The fourth-order valence-corrected chi connectivity index (χ4v) is 2.15. The van der Waals surface area contributed by atoms with Crippen molar-refractivity contribution in [2.24, 2.45) is 5.84 Å². The first-order chi connectivity index (χ1) is 10.1. The van der Waals surface area contributed by atoms with E-state index >= 15 is 0 Å². The molecular weight excluding hydrogens is 274 g/mol. The second-order valence-corrected chi connectivity index (χ2v) is 4.61. The highest BCUT2D eigenvalue weighted by Crippen LogP contribution is 2.18. The van der Waals surface area contributed by atoms with E-state index in [1.807, 2.05) is 5.43 Å². The largest absolute Gasteiger partial charge is 0.491 e. The quantitative estimate of drug-likeness (QED) is 0.349. The minimum atomic E-state index is -0.462. The predicted octanol–water partition coefficient (Wildman–Crippen LogP) is 0.208. The van der Waals surface area contributed by atoms with Gasteiger partial charge in [0.25, 0.3) is 5.91 Å². The first kappa shape index (κ1) is 15.0. The Hall–Kier alpha value is -2.41. The summed E-state index contributed by atoms with van der Waals surface area (Å²) >= 11 is 0. The Balaban J connectivity index is 1.96. The van der Waals surface area contributed by atoms with Crippen molar-refractivity contribution in [2.45, 2.75) is 19.3 Å². The van der Waals surface area contributed by atoms with Crippen LogP contribution < -0.4 is 16.0 Å². The Bertz CT molecular complexity index is 543. The number of para-hydroxylation sites is 1. The molecule has 0 atom stereocenters. The molecule has 0 aliphatic carbocycles. The molecule has 1 saturated heterocycles. The second-order valence-electron chi connectivity index (χ2n) is 4.61. The fourth-order valence-electron chi connectivity index (χ4n) is 2.15. The van der Waals surface area contributed by atoms with Gasteiger partial charge in [0, 0.05) is 12.8 Å². The van der Waals surface area contributed by atoms with E-state index in [2.05, 4.69) is 0 Å². The van der Waals surface area contributed by atoms with Gasteiger partial charge in [-0.1, -0.05) is 12.1 Å². The number of hydrazine groups is 1. The van der Waals surface area contributed by atoms with Crippen LogP contribution in [0.5, 0.6) is 5.75 Å². The first-order valence-corrected chi connectivity index (χ1v) is 6.69. The molecule has 0 spiro atoms. The number of benzene rings is 1. The lowest BCUT2D eigenvalue weighted by atomic mass is 10.1. The standard InChI is InChI=1S/C14H17N3O4/c15-16-14(20)10-4-1-2-5-11(10)21-9-8-17-12(18)6-3-7-13(17)19/h1-2,4-5H,3,6-9,15H2,(H,16,20). The average Bonchev–Trinajstić information content (AvgIpc) is 2.50. The van der Waals surface area contributed by atoms with Crippen LogP contribution >= 0.6 is 0 Å². The van der Waals surface area contributed by atoms with Crippen LogP contribution in [0, 0.1) is 0 Å². The van der Waals surface area contributed by atoms with Crippen molar-refractivity contribution in [3.05, 3.63) is 29.8 Å². The molecule has 7 heteroatoms. The zero-order valence-corrected chi connectivity index (χ0v) is 11.5. The SMILES string of the molecule is NNC(=O)c1ccccc1OCCN1C(=O)CCCC1=O. The molecule has 3 amide bonds. The highest BCUT2D eigenvalue weighted by molar-refractivity contribution is 5.97. The van der Waals surface area contributed by atoms with Crippen LogP contribution in [0.2, 0.25) is 0 Å². The van der Waals surface area contributed by atoms with E-state index in [-0.39, 0.29) is 25.0 Å². The number of hydrogen-bond donors (Lipinski definition) is 2. The van der Waals surface area contributed by atoms with Crippen LogP contribution in [0.25, 0.3) is 0 Å². The number of imide groups is 1. The van der Waals surface area contributed by atoms with Crippen molar-refractivity contribution in [1.82, 2.24) is 10.3 Å². The van der Waals surface area contributed by atoms with E-state index in [0.29, 0.717) is 30.6 Å². The third-order valence-electron chi connectivity index (χ3n) is 3.22. The van der Waals surface area contributed by atoms with Crippen molar-refractivity contribution in [3.63, 3.8) is 0 Å². The van der Waals surface area contributed by atoms with Crippen LogP contribution in [0.1, 0.15) is 29.6 Å². The van der Waals surface area contributed by atoms with Crippen molar-refractivity contribution in [1.29, 1.82) is 0 Å². The van der Waals surface area contributed by atoms with Crippen LogP contribution in [0.3, 0.4) is 0 Å². The van der Waals surface area contributed by atoms with Gasteiger partial charge in [0.15, 0.2) is 0 Å². The summed E-state index contributed by atoms with van der Waals surface area (Å²) in [5.41, 5.74) is 2.34. The van der Waals surface area contributed by atoms with Crippen molar-refractivity contribution >= 4 is 17.7 Å². The maximum Gasteiger partial charge on any atom is 0.268 e. The van der Waals surface area contributed by atoms with Gasteiger partial charge >= 0.3 is 0 Å². The van der Waals surface area contributed by atoms with E-state index < -0.39 is 5.91 Å². The minimum Gasteiger partial charge on any atom is -0.491 e. The Labute approximate surface area is 122 Å². The summed E-state index contributed by atoms with van der Waals surface area (Å²) < 4.78 is 5.50. The van der Waals surface area contributed by atoms with Gasteiger partial charge < -0.3 is 4.74 Å². The van der Waals surface area contributed by atoms with E-state index in [0.717, 1.165) is 0 Å². The fraction of sp³-hybridized carbons (Fsp3) is 0.357. The third kappa shape index (κ3) is 3.57. The summed E-state index contributed by atoms with van der Waals surface area (Å²) in [6.07, 6.45) is 1.38. The molecule has 0 saturated carbocycles. The van der Waals surface area contributed by atoms with Crippen molar-refractivity contribution < 1.29 is 19.1 Å². The Morgan fingerprint density at radius 2 is 1.90 bits per heavy atom. The lowest BCUT2D eigenvalue weighted by Gasteiger charge is -2.24. The molecule has 1 aliphatic rings. The van der Waals surface area contributed by atoms with Crippen molar-refractivity contribution in [2.75, 3.05) is 13.2 Å². The summed E-state index contributed by atoms with van der Waals surface area (Å²) in [6.45, 7) is 0.308. The van der Waals surface area contributed by atoms with E-state index in [1.54, 1.807) is 24.3 Å². The molecule has 0 unspecified atom stereocenters. The van der Waals surface area contributed by atoms with Gasteiger partial charge in [0.1, 0.15) is 12.4 Å². The van der Waals surface area contributed by atoms with Crippen LogP contribution in [-0.2, 0) is 9.59 Å². The van der Waals surface area contributed by atoms with E-state index in [1.165, 1.54) is 4.90 Å². The summed E-state index contributed by atoms with van der Waals surface area (Å²) in [5.74, 6) is 4.64.